The summed E-state index contributed by atoms with van der Waals surface area (Å²) < 4.78 is 12.7. The first-order chi connectivity index (χ1) is 15.8. The Morgan fingerprint density at radius 2 is 1.97 bits per heavy atom. The van der Waals surface area contributed by atoms with Gasteiger partial charge in [0.1, 0.15) is 11.9 Å². The first-order valence-corrected chi connectivity index (χ1v) is 12.3. The normalized spacial score (nSPS) is 22.4. The SMILES string of the molecule is O=C1Nc2cc(OCCCCN3CCN(c4cccc5sccc45)CC3)ccc2C2OC12. The van der Waals surface area contributed by atoms with Gasteiger partial charge in [-0.25, -0.2) is 0 Å². The molecule has 6 nitrogen and oxygen atoms in total. The van der Waals surface area contributed by atoms with Crippen LogP contribution in [0.5, 0.6) is 5.75 Å². The number of nitrogens with zero attached hydrogens (tertiary/aromatic N) is 2. The van der Waals surface area contributed by atoms with Crippen LogP contribution in [0, 0.1) is 0 Å². The van der Waals surface area contributed by atoms with Crippen LogP contribution in [0.2, 0.25) is 0 Å². The fourth-order valence-electron chi connectivity index (χ4n) is 4.83. The molecule has 0 spiro atoms. The molecule has 6 rings (SSSR count). The minimum atomic E-state index is -0.291. The van der Waals surface area contributed by atoms with E-state index in [-0.39, 0.29) is 18.1 Å². The van der Waals surface area contributed by atoms with Gasteiger partial charge in [0, 0.05) is 53.6 Å². The van der Waals surface area contributed by atoms with Crippen molar-refractivity contribution in [1.82, 2.24) is 4.90 Å². The number of anilines is 2. The molecule has 3 aromatic rings. The third kappa shape index (κ3) is 3.85. The van der Waals surface area contributed by atoms with E-state index < -0.39 is 0 Å². The van der Waals surface area contributed by atoms with E-state index in [0.29, 0.717) is 6.61 Å². The van der Waals surface area contributed by atoms with Gasteiger partial charge < -0.3 is 19.7 Å². The minimum Gasteiger partial charge on any atom is -0.494 e. The lowest BCUT2D eigenvalue weighted by Crippen LogP contribution is -2.46. The molecule has 2 unspecified atom stereocenters. The first-order valence-electron chi connectivity index (χ1n) is 11.4. The number of hydrogen-bond acceptors (Lipinski definition) is 6. The minimum absolute atomic E-state index is 0.0493. The zero-order chi connectivity index (χ0) is 21.5. The van der Waals surface area contributed by atoms with Gasteiger partial charge >= 0.3 is 0 Å². The molecular weight excluding hydrogens is 422 g/mol. The number of fused-ring (bicyclic) bond motifs is 4. The van der Waals surface area contributed by atoms with Gasteiger partial charge in [-0.05, 0) is 49.0 Å². The lowest BCUT2D eigenvalue weighted by atomic mass is 10.0. The Balaban J connectivity index is 0.936. The molecule has 7 heteroatoms. The molecule has 2 aromatic carbocycles. The van der Waals surface area contributed by atoms with E-state index in [4.69, 9.17) is 9.47 Å². The second kappa shape index (κ2) is 8.39. The Morgan fingerprint density at radius 1 is 1.06 bits per heavy atom. The molecule has 0 aliphatic carbocycles. The molecule has 1 aromatic heterocycles. The van der Waals surface area contributed by atoms with E-state index in [1.165, 1.54) is 15.8 Å². The fraction of sp³-hybridized carbons (Fsp3) is 0.400. The maximum absolute atomic E-state index is 11.8. The van der Waals surface area contributed by atoms with Crippen molar-refractivity contribution in [2.45, 2.75) is 25.0 Å². The Kier molecular flexibility index (Phi) is 5.25. The molecule has 0 bridgehead atoms. The summed E-state index contributed by atoms with van der Waals surface area (Å²) in [6.07, 6.45) is 1.79. The zero-order valence-electron chi connectivity index (χ0n) is 18.0. The Morgan fingerprint density at radius 3 is 2.88 bits per heavy atom. The standard InChI is InChI=1S/C25H27N3O3S/c29-25-24-23(31-24)18-7-6-17(16-20(18)26-25)30-14-2-1-9-27-10-12-28(13-11-27)21-4-3-5-22-19(21)8-15-32-22/h3-8,15-16,23-24H,1-2,9-14H2,(H,26,29). The summed E-state index contributed by atoms with van der Waals surface area (Å²) in [6.45, 7) is 6.18. The molecule has 3 aliphatic rings. The molecule has 4 heterocycles. The molecular formula is C25H27N3O3S. The molecule has 2 atom stereocenters. The molecule has 32 heavy (non-hydrogen) atoms. The average Bonchev–Trinajstić information content (AvgIpc) is 3.49. The topological polar surface area (TPSA) is 57.3 Å². The van der Waals surface area contributed by atoms with Crippen molar-refractivity contribution in [1.29, 1.82) is 0 Å². The average molecular weight is 450 g/mol. The number of thiophene rings is 1. The second-order valence-corrected chi connectivity index (χ2v) is 9.66. The number of hydrogen-bond donors (Lipinski definition) is 1. The van der Waals surface area contributed by atoms with E-state index >= 15 is 0 Å². The van der Waals surface area contributed by atoms with E-state index in [0.717, 1.165) is 62.6 Å². The number of rotatable bonds is 7. The van der Waals surface area contributed by atoms with Gasteiger partial charge in [0.15, 0.2) is 6.10 Å². The third-order valence-corrected chi connectivity index (χ3v) is 7.54. The van der Waals surface area contributed by atoms with Crippen molar-refractivity contribution >= 4 is 38.7 Å². The van der Waals surface area contributed by atoms with Crippen LogP contribution in [-0.4, -0.2) is 56.2 Å². The van der Waals surface area contributed by atoms with Crippen molar-refractivity contribution in [3.63, 3.8) is 0 Å². The van der Waals surface area contributed by atoms with Crippen molar-refractivity contribution < 1.29 is 14.3 Å². The summed E-state index contributed by atoms with van der Waals surface area (Å²) in [4.78, 5) is 16.9. The largest absolute Gasteiger partial charge is 0.494 e. The van der Waals surface area contributed by atoms with Crippen LogP contribution < -0.4 is 15.0 Å². The number of unbranched alkanes of at least 4 members (excludes halogenated alkanes) is 1. The summed E-state index contributed by atoms with van der Waals surface area (Å²) >= 11 is 1.82. The highest BCUT2D eigenvalue weighted by atomic mass is 32.1. The fourth-order valence-corrected chi connectivity index (χ4v) is 5.63. The van der Waals surface area contributed by atoms with Crippen LogP contribution in [0.15, 0.2) is 47.8 Å². The van der Waals surface area contributed by atoms with Crippen LogP contribution in [0.4, 0.5) is 11.4 Å². The van der Waals surface area contributed by atoms with E-state index in [1.54, 1.807) is 0 Å². The van der Waals surface area contributed by atoms with Crippen molar-refractivity contribution in [3.8, 4) is 5.75 Å². The number of carbonyl (C=O) groups excluding carboxylic acids is 1. The number of ether oxygens (including phenoxy) is 2. The second-order valence-electron chi connectivity index (χ2n) is 8.71. The highest BCUT2D eigenvalue weighted by Gasteiger charge is 2.50. The summed E-state index contributed by atoms with van der Waals surface area (Å²) in [7, 11) is 0. The highest BCUT2D eigenvalue weighted by molar-refractivity contribution is 7.17. The predicted molar refractivity (Wildman–Crippen MR) is 128 cm³/mol. The molecule has 0 saturated carbocycles. The lowest BCUT2D eigenvalue weighted by molar-refractivity contribution is -0.117. The van der Waals surface area contributed by atoms with E-state index in [1.807, 2.05) is 29.5 Å². The third-order valence-electron chi connectivity index (χ3n) is 6.66. The maximum Gasteiger partial charge on any atom is 0.256 e. The van der Waals surface area contributed by atoms with E-state index in [2.05, 4.69) is 44.8 Å². The smallest absolute Gasteiger partial charge is 0.256 e. The van der Waals surface area contributed by atoms with Gasteiger partial charge in [-0.2, -0.15) is 0 Å². The molecule has 3 aliphatic heterocycles. The van der Waals surface area contributed by atoms with Crippen LogP contribution in [-0.2, 0) is 9.53 Å². The number of nitrogens with one attached hydrogen (secondary N) is 1. The first kappa shape index (κ1) is 20.0. The summed E-state index contributed by atoms with van der Waals surface area (Å²) in [5, 5.41) is 6.47. The number of piperazine rings is 1. The number of amides is 1. The lowest BCUT2D eigenvalue weighted by Gasteiger charge is -2.36. The number of carbonyl (C=O) groups is 1. The molecule has 1 N–H and O–H groups in total. The summed E-state index contributed by atoms with van der Waals surface area (Å²) in [6, 6.07) is 14.8. The van der Waals surface area contributed by atoms with Gasteiger partial charge in [0.05, 0.1) is 12.3 Å². The Hall–Kier alpha value is -2.61. The quantitative estimate of drug-likeness (QED) is 0.431. The predicted octanol–water partition coefficient (Wildman–Crippen LogP) is 4.27. The Bertz CT molecular complexity index is 1140. The monoisotopic (exact) mass is 449 g/mol. The van der Waals surface area contributed by atoms with Crippen molar-refractivity contribution in [2.24, 2.45) is 0 Å². The van der Waals surface area contributed by atoms with Gasteiger partial charge in [-0.1, -0.05) is 12.1 Å². The van der Waals surface area contributed by atoms with Crippen LogP contribution in [0.25, 0.3) is 10.1 Å². The summed E-state index contributed by atoms with van der Waals surface area (Å²) in [5.41, 5.74) is 3.25. The van der Waals surface area contributed by atoms with Crippen molar-refractivity contribution in [2.75, 3.05) is 49.5 Å². The molecule has 2 saturated heterocycles. The molecule has 1 amide bonds. The highest BCUT2D eigenvalue weighted by Crippen LogP contribution is 2.47. The van der Waals surface area contributed by atoms with Gasteiger partial charge in [0.25, 0.3) is 5.91 Å². The molecule has 2 fully saturated rings. The summed E-state index contributed by atoms with van der Waals surface area (Å²) in [5.74, 6) is 0.756. The van der Waals surface area contributed by atoms with Crippen LogP contribution in [0.3, 0.4) is 0 Å². The van der Waals surface area contributed by atoms with Gasteiger partial charge in [-0.15, -0.1) is 11.3 Å². The zero-order valence-corrected chi connectivity index (χ0v) is 18.8. The molecule has 0 radical (unpaired) electrons. The Labute approximate surface area is 191 Å². The van der Waals surface area contributed by atoms with Gasteiger partial charge in [0.2, 0.25) is 0 Å². The van der Waals surface area contributed by atoms with E-state index in [9.17, 15) is 4.79 Å². The molecule has 166 valence electrons. The van der Waals surface area contributed by atoms with Gasteiger partial charge in [-0.3, -0.25) is 9.69 Å². The maximum atomic E-state index is 11.8. The van der Waals surface area contributed by atoms with Crippen LogP contribution >= 0.6 is 11.3 Å². The van der Waals surface area contributed by atoms with Crippen LogP contribution in [0.1, 0.15) is 24.5 Å². The number of epoxide rings is 1. The number of benzene rings is 2. The van der Waals surface area contributed by atoms with Crippen molar-refractivity contribution in [3.05, 3.63) is 53.4 Å².